The smallest absolute Gasteiger partial charge is 0.251 e. The lowest BCUT2D eigenvalue weighted by Crippen LogP contribution is -2.26. The highest BCUT2D eigenvalue weighted by atomic mass is 32.2. The molecule has 144 valence electrons. The summed E-state index contributed by atoms with van der Waals surface area (Å²) in [6.07, 6.45) is 1.58. The zero-order valence-electron chi connectivity index (χ0n) is 16.0. The van der Waals surface area contributed by atoms with Crippen molar-refractivity contribution in [3.63, 3.8) is 0 Å². The summed E-state index contributed by atoms with van der Waals surface area (Å²) >= 11 is 1.13. The largest absolute Gasteiger partial charge is 0.328 e. The van der Waals surface area contributed by atoms with Gasteiger partial charge in [-0.1, -0.05) is 37.2 Å². The average molecular weight is 395 g/mol. The fraction of sp³-hybridized carbons (Fsp3) is 0.300. The molecule has 0 saturated heterocycles. The van der Waals surface area contributed by atoms with Crippen LogP contribution in [0.4, 0.5) is 11.4 Å². The van der Waals surface area contributed by atoms with Crippen LogP contribution in [-0.4, -0.2) is 35.6 Å². The van der Waals surface area contributed by atoms with Gasteiger partial charge in [-0.25, -0.2) is 4.98 Å². The van der Waals surface area contributed by atoms with Gasteiger partial charge in [-0.2, -0.15) is 5.26 Å². The van der Waals surface area contributed by atoms with Crippen LogP contribution >= 0.6 is 11.8 Å². The molecule has 0 radical (unpaired) electrons. The van der Waals surface area contributed by atoms with Crippen molar-refractivity contribution >= 4 is 28.9 Å². The van der Waals surface area contributed by atoms with Crippen LogP contribution in [0.5, 0.6) is 0 Å². The molecule has 0 fully saturated rings. The van der Waals surface area contributed by atoms with Gasteiger partial charge >= 0.3 is 0 Å². The molecule has 28 heavy (non-hydrogen) atoms. The van der Waals surface area contributed by atoms with Crippen molar-refractivity contribution in [3.05, 3.63) is 57.8 Å². The quantitative estimate of drug-likeness (QED) is 0.348. The number of nitriles is 1. The molecule has 1 N–H and O–H groups in total. The van der Waals surface area contributed by atoms with E-state index in [1.807, 2.05) is 55.1 Å². The summed E-state index contributed by atoms with van der Waals surface area (Å²) in [7, 11) is 3.67. The van der Waals surface area contributed by atoms with Crippen LogP contribution in [-0.2, 0) is 11.2 Å². The van der Waals surface area contributed by atoms with Gasteiger partial charge in [0.05, 0.1) is 17.1 Å². The number of carbonyl (C=O) groups is 1. The molecule has 0 saturated carbocycles. The van der Waals surface area contributed by atoms with E-state index in [2.05, 4.69) is 16.0 Å². The topological polar surface area (TPSA) is 93.1 Å². The highest BCUT2D eigenvalue weighted by Crippen LogP contribution is 2.40. The van der Waals surface area contributed by atoms with Crippen LogP contribution in [0.25, 0.3) is 0 Å². The van der Waals surface area contributed by atoms with E-state index in [0.29, 0.717) is 23.1 Å². The molecule has 2 heterocycles. The predicted octanol–water partition coefficient (Wildman–Crippen LogP) is 2.70. The molecule has 1 aliphatic heterocycles. The van der Waals surface area contributed by atoms with Gasteiger partial charge in [-0.15, -0.1) is 0 Å². The molecule has 1 aromatic carbocycles. The highest BCUT2D eigenvalue weighted by molar-refractivity contribution is 7.99. The van der Waals surface area contributed by atoms with Gasteiger partial charge in [-0.05, 0) is 18.6 Å². The zero-order chi connectivity index (χ0) is 20.3. The Kier molecular flexibility index (Phi) is 5.85. The molecule has 1 aliphatic rings. The van der Waals surface area contributed by atoms with Crippen LogP contribution in [0.2, 0.25) is 0 Å². The SMILES string of the molecule is CCCc1cc(=O)[nH]c(SCC(=O)C(C#N)=C2N(C)c3ccccc3N2C)n1. The van der Waals surface area contributed by atoms with E-state index in [9.17, 15) is 14.9 Å². The summed E-state index contributed by atoms with van der Waals surface area (Å²) in [4.78, 5) is 35.3. The number of benzene rings is 1. The number of aryl methyl sites for hydroxylation is 1. The Bertz CT molecular complexity index is 1010. The van der Waals surface area contributed by atoms with E-state index in [4.69, 9.17) is 0 Å². The summed E-state index contributed by atoms with van der Waals surface area (Å²) < 4.78 is 0. The number of aromatic nitrogens is 2. The maximum Gasteiger partial charge on any atom is 0.251 e. The standard InChI is InChI=1S/C20H21N5O2S/c1-4-7-13-10-18(27)23-20(22-13)28-12-17(26)14(11-21)19-24(2)15-8-5-6-9-16(15)25(19)3/h5-6,8-10H,4,7,12H2,1-3H3,(H,22,23,27). The summed E-state index contributed by atoms with van der Waals surface area (Å²) in [6, 6.07) is 11.3. The normalized spacial score (nSPS) is 12.7. The second kappa shape index (κ2) is 8.31. The first-order valence-electron chi connectivity index (χ1n) is 8.93. The zero-order valence-corrected chi connectivity index (χ0v) is 16.8. The molecule has 1 aromatic heterocycles. The van der Waals surface area contributed by atoms with Crippen molar-refractivity contribution in [2.75, 3.05) is 29.6 Å². The summed E-state index contributed by atoms with van der Waals surface area (Å²) in [5.74, 6) is 0.260. The van der Waals surface area contributed by atoms with Gasteiger partial charge in [0.2, 0.25) is 0 Å². The second-order valence-electron chi connectivity index (χ2n) is 6.42. The molecule has 7 nitrogen and oxygen atoms in total. The van der Waals surface area contributed by atoms with E-state index in [0.717, 1.165) is 29.6 Å². The lowest BCUT2D eigenvalue weighted by Gasteiger charge is -2.19. The van der Waals surface area contributed by atoms with Gasteiger partial charge in [0, 0.05) is 25.9 Å². The summed E-state index contributed by atoms with van der Waals surface area (Å²) in [5.41, 5.74) is 2.42. The maximum atomic E-state index is 12.8. The molecule has 0 amide bonds. The maximum absolute atomic E-state index is 12.8. The number of hydrogen-bond donors (Lipinski definition) is 1. The number of fused-ring (bicyclic) bond motifs is 1. The number of nitrogens with zero attached hydrogens (tertiary/aromatic N) is 4. The fourth-order valence-corrected chi connectivity index (χ4v) is 3.97. The van der Waals surface area contributed by atoms with E-state index in [-0.39, 0.29) is 22.7 Å². The van der Waals surface area contributed by atoms with Crippen molar-refractivity contribution in [3.8, 4) is 6.07 Å². The number of aromatic amines is 1. The second-order valence-corrected chi connectivity index (χ2v) is 7.38. The van der Waals surface area contributed by atoms with Crippen molar-refractivity contribution in [2.24, 2.45) is 0 Å². The molecule has 0 bridgehead atoms. The first-order valence-corrected chi connectivity index (χ1v) is 9.92. The number of anilines is 2. The number of nitrogens with one attached hydrogen (secondary N) is 1. The monoisotopic (exact) mass is 395 g/mol. The number of Topliss-reactive ketones (excluding diaryl/α,β-unsaturated/α-hetero) is 1. The molecular formula is C20H21N5O2S. The average Bonchev–Trinajstić information content (AvgIpc) is 2.92. The number of thioether (sulfide) groups is 1. The number of H-pyrrole nitrogens is 1. The van der Waals surface area contributed by atoms with Gasteiger partial charge in [0.25, 0.3) is 5.56 Å². The summed E-state index contributed by atoms with van der Waals surface area (Å²) in [5, 5.41) is 10.1. The Morgan fingerprint density at radius 1 is 1.25 bits per heavy atom. The molecule has 0 spiro atoms. The van der Waals surface area contributed by atoms with Crippen molar-refractivity contribution < 1.29 is 4.79 Å². The van der Waals surface area contributed by atoms with Crippen molar-refractivity contribution in [2.45, 2.75) is 24.9 Å². The van der Waals surface area contributed by atoms with E-state index in [1.54, 1.807) is 0 Å². The van der Waals surface area contributed by atoms with Crippen molar-refractivity contribution in [1.82, 2.24) is 9.97 Å². The Morgan fingerprint density at radius 3 is 2.46 bits per heavy atom. The van der Waals surface area contributed by atoms with Crippen LogP contribution in [0.1, 0.15) is 19.0 Å². The Hall–Kier alpha value is -3.05. The third-order valence-electron chi connectivity index (χ3n) is 4.47. The lowest BCUT2D eigenvalue weighted by atomic mass is 10.2. The van der Waals surface area contributed by atoms with E-state index < -0.39 is 0 Å². The minimum absolute atomic E-state index is 0.0168. The van der Waals surface area contributed by atoms with Crippen molar-refractivity contribution in [1.29, 1.82) is 5.26 Å². The fourth-order valence-electron chi connectivity index (χ4n) is 3.20. The molecule has 8 heteroatoms. The van der Waals surface area contributed by atoms with Gasteiger partial charge < -0.3 is 14.8 Å². The van der Waals surface area contributed by atoms with E-state index in [1.165, 1.54) is 6.07 Å². The molecule has 2 aromatic rings. The first-order chi connectivity index (χ1) is 13.5. The number of allylic oxidation sites excluding steroid dienone is 1. The molecule has 0 atom stereocenters. The van der Waals surface area contributed by atoms with Crippen LogP contribution in [0.3, 0.4) is 0 Å². The van der Waals surface area contributed by atoms with Gasteiger partial charge in [0.15, 0.2) is 10.9 Å². The number of ketones is 1. The Morgan fingerprint density at radius 2 is 1.89 bits per heavy atom. The number of carbonyl (C=O) groups excluding carboxylic acids is 1. The molecule has 0 aliphatic carbocycles. The van der Waals surface area contributed by atoms with E-state index >= 15 is 0 Å². The highest BCUT2D eigenvalue weighted by Gasteiger charge is 2.31. The first kappa shape index (κ1) is 19.7. The number of hydrogen-bond acceptors (Lipinski definition) is 7. The third-order valence-corrected chi connectivity index (χ3v) is 5.35. The Labute approximate surface area is 167 Å². The number of rotatable bonds is 6. The predicted molar refractivity (Wildman–Crippen MR) is 110 cm³/mol. The summed E-state index contributed by atoms with van der Waals surface area (Å²) in [6.45, 7) is 2.01. The molecule has 3 rings (SSSR count). The van der Waals surface area contributed by atoms with Gasteiger partial charge in [-0.3, -0.25) is 9.59 Å². The third kappa shape index (κ3) is 3.80. The minimum atomic E-state index is -0.308. The Balaban J connectivity index is 1.83. The minimum Gasteiger partial charge on any atom is -0.328 e. The van der Waals surface area contributed by atoms with Crippen LogP contribution in [0.15, 0.2) is 51.7 Å². The molecular weight excluding hydrogens is 374 g/mol. The lowest BCUT2D eigenvalue weighted by molar-refractivity contribution is -0.112. The van der Waals surface area contributed by atoms with Gasteiger partial charge in [0.1, 0.15) is 17.5 Å². The van der Waals surface area contributed by atoms with Crippen LogP contribution in [0, 0.1) is 11.3 Å². The van der Waals surface area contributed by atoms with Crippen LogP contribution < -0.4 is 15.4 Å². The number of para-hydroxylation sites is 2. The molecule has 0 unspecified atom stereocenters.